The number of nitrogens with two attached hydrogens (primary N) is 1. The second-order valence-corrected chi connectivity index (χ2v) is 4.31. The molecule has 0 amide bonds. The average Bonchev–Trinajstić information content (AvgIpc) is 1.81. The van der Waals surface area contributed by atoms with Crippen LogP contribution in [0.15, 0.2) is 4.99 Å². The maximum Gasteiger partial charge on any atom is 0.429 e. The van der Waals surface area contributed by atoms with Crippen LogP contribution in [-0.4, -0.2) is 36.8 Å². The molecule has 0 bridgehead atoms. The van der Waals surface area contributed by atoms with Crippen LogP contribution >= 0.6 is 7.75 Å². The Morgan fingerprint density at radius 2 is 2.15 bits per heavy atom. The third kappa shape index (κ3) is 9.44. The Balaban J connectivity index is 3.90. The normalized spacial score (nSPS) is 15.5. The maximum atomic E-state index is 10.3. The number of aliphatic imine (C=N–C) groups is 1. The largest absolute Gasteiger partial charge is 0.429 e. The van der Waals surface area contributed by atoms with Crippen molar-refractivity contribution in [1.82, 2.24) is 5.09 Å². The summed E-state index contributed by atoms with van der Waals surface area (Å²) in [5.41, 5.74) is 5.01. The van der Waals surface area contributed by atoms with Crippen molar-refractivity contribution >= 4 is 24.8 Å². The van der Waals surface area contributed by atoms with Gasteiger partial charge in [0.05, 0.1) is 12.3 Å². The molecule has 0 saturated carbocycles. The third-order valence-corrected chi connectivity index (χ3v) is 1.86. The number of rotatable bonds is 4. The SMILES string of the molecule is NC(=NCCS(=O)O)NP(=O)(O)O. The first-order valence-corrected chi connectivity index (χ1v) is 5.91. The van der Waals surface area contributed by atoms with Crippen LogP contribution in [0.25, 0.3) is 0 Å². The van der Waals surface area contributed by atoms with E-state index in [1.807, 2.05) is 0 Å². The van der Waals surface area contributed by atoms with Crippen molar-refractivity contribution in [2.24, 2.45) is 10.7 Å². The first-order valence-electron chi connectivity index (χ1n) is 3.02. The van der Waals surface area contributed by atoms with Gasteiger partial charge >= 0.3 is 7.75 Å². The average molecular weight is 231 g/mol. The topological polar surface area (TPSA) is 145 Å². The summed E-state index contributed by atoms with van der Waals surface area (Å²) in [4.78, 5) is 20.0. The first kappa shape index (κ1) is 12.5. The van der Waals surface area contributed by atoms with Crippen LogP contribution in [0.1, 0.15) is 0 Å². The Labute approximate surface area is 76.7 Å². The Kier molecular flexibility index (Phi) is 5.11. The minimum atomic E-state index is -4.43. The summed E-state index contributed by atoms with van der Waals surface area (Å²) in [5, 5.41) is 1.61. The molecule has 0 aliphatic heterocycles. The fourth-order valence-corrected chi connectivity index (χ4v) is 1.05. The van der Waals surface area contributed by atoms with Crippen LogP contribution < -0.4 is 10.8 Å². The molecule has 0 saturated heterocycles. The molecule has 0 rings (SSSR count). The molecule has 78 valence electrons. The van der Waals surface area contributed by atoms with E-state index in [1.54, 1.807) is 5.09 Å². The van der Waals surface area contributed by atoms with E-state index in [9.17, 15) is 8.77 Å². The van der Waals surface area contributed by atoms with E-state index < -0.39 is 24.8 Å². The van der Waals surface area contributed by atoms with E-state index in [0.717, 1.165) is 0 Å². The van der Waals surface area contributed by atoms with Gasteiger partial charge in [-0.3, -0.25) is 10.1 Å². The standard InChI is InChI=1S/C3H10N3O5PS/c4-3(6-12(7,8)9)5-1-2-13(10)11/h1-2H2,(H,10,11)(H5,4,5,6,7,8,9). The molecule has 0 heterocycles. The Morgan fingerprint density at radius 1 is 1.62 bits per heavy atom. The van der Waals surface area contributed by atoms with Gasteiger partial charge in [0.1, 0.15) is 0 Å². The smallest absolute Gasteiger partial charge is 0.370 e. The van der Waals surface area contributed by atoms with Gasteiger partial charge < -0.3 is 20.1 Å². The van der Waals surface area contributed by atoms with Gasteiger partial charge in [-0.05, 0) is 0 Å². The molecule has 0 aliphatic carbocycles. The third-order valence-electron chi connectivity index (χ3n) is 0.808. The highest BCUT2D eigenvalue weighted by atomic mass is 32.2. The number of guanidine groups is 1. The predicted octanol–water partition coefficient (Wildman–Crippen LogP) is -1.79. The summed E-state index contributed by atoms with van der Waals surface area (Å²) in [6, 6.07) is 0. The molecule has 0 fully saturated rings. The van der Waals surface area contributed by atoms with Crippen molar-refractivity contribution in [2.45, 2.75) is 0 Å². The molecular weight excluding hydrogens is 221 g/mol. The van der Waals surface area contributed by atoms with E-state index in [2.05, 4.69) is 4.99 Å². The van der Waals surface area contributed by atoms with Crippen LogP contribution in [0.5, 0.6) is 0 Å². The van der Waals surface area contributed by atoms with Gasteiger partial charge in [-0.15, -0.1) is 0 Å². The molecular formula is C3H10N3O5PS. The van der Waals surface area contributed by atoms with Crippen molar-refractivity contribution in [2.75, 3.05) is 12.3 Å². The van der Waals surface area contributed by atoms with Crippen LogP contribution in [-0.2, 0) is 15.6 Å². The molecule has 0 spiro atoms. The van der Waals surface area contributed by atoms with E-state index >= 15 is 0 Å². The van der Waals surface area contributed by atoms with Crippen molar-refractivity contribution < 1.29 is 23.1 Å². The number of nitrogens with one attached hydrogen (secondary N) is 1. The highest BCUT2D eigenvalue weighted by Crippen LogP contribution is 2.27. The Morgan fingerprint density at radius 3 is 2.54 bits per heavy atom. The van der Waals surface area contributed by atoms with Gasteiger partial charge in [0.25, 0.3) is 0 Å². The molecule has 1 atom stereocenters. The molecule has 6 N–H and O–H groups in total. The molecule has 0 aliphatic rings. The molecule has 13 heavy (non-hydrogen) atoms. The molecule has 0 aromatic heterocycles. The lowest BCUT2D eigenvalue weighted by atomic mass is 10.8. The number of hydrogen-bond donors (Lipinski definition) is 5. The van der Waals surface area contributed by atoms with E-state index in [0.29, 0.717) is 0 Å². The van der Waals surface area contributed by atoms with Gasteiger partial charge in [0.15, 0.2) is 17.0 Å². The maximum absolute atomic E-state index is 10.3. The van der Waals surface area contributed by atoms with Gasteiger partial charge in [-0.2, -0.15) is 0 Å². The monoisotopic (exact) mass is 231 g/mol. The highest BCUT2D eigenvalue weighted by Gasteiger charge is 2.12. The van der Waals surface area contributed by atoms with Gasteiger partial charge in [0.2, 0.25) is 0 Å². The molecule has 1 unspecified atom stereocenters. The van der Waals surface area contributed by atoms with Crippen molar-refractivity contribution in [3.63, 3.8) is 0 Å². The Bertz CT molecular complexity index is 262. The van der Waals surface area contributed by atoms with Crippen LogP contribution in [0.2, 0.25) is 0 Å². The zero-order valence-electron chi connectivity index (χ0n) is 6.45. The van der Waals surface area contributed by atoms with Crippen LogP contribution in [0.4, 0.5) is 0 Å². The lowest BCUT2D eigenvalue weighted by Gasteiger charge is -2.05. The van der Waals surface area contributed by atoms with E-state index in [1.165, 1.54) is 0 Å². The van der Waals surface area contributed by atoms with Gasteiger partial charge in [-0.1, -0.05) is 0 Å². The highest BCUT2D eigenvalue weighted by molar-refractivity contribution is 7.79. The number of hydrogen-bond acceptors (Lipinski definition) is 3. The fraction of sp³-hybridized carbons (Fsp3) is 0.667. The summed E-state index contributed by atoms with van der Waals surface area (Å²) < 4.78 is 28.6. The molecule has 10 heteroatoms. The van der Waals surface area contributed by atoms with Gasteiger partial charge in [-0.25, -0.2) is 8.77 Å². The second-order valence-electron chi connectivity index (χ2n) is 1.95. The molecule has 8 nitrogen and oxygen atoms in total. The van der Waals surface area contributed by atoms with E-state index in [4.69, 9.17) is 20.1 Å². The molecule has 0 aromatic carbocycles. The number of nitrogens with zero attached hydrogens (tertiary/aromatic N) is 1. The van der Waals surface area contributed by atoms with Crippen molar-refractivity contribution in [3.8, 4) is 0 Å². The second kappa shape index (κ2) is 5.30. The van der Waals surface area contributed by atoms with E-state index in [-0.39, 0.29) is 12.3 Å². The molecule has 0 radical (unpaired) electrons. The molecule has 0 aromatic rings. The lowest BCUT2D eigenvalue weighted by Crippen LogP contribution is -2.29. The first-order chi connectivity index (χ1) is 5.81. The minimum Gasteiger partial charge on any atom is -0.370 e. The van der Waals surface area contributed by atoms with Crippen LogP contribution in [0, 0.1) is 0 Å². The van der Waals surface area contributed by atoms with Crippen molar-refractivity contribution in [3.05, 3.63) is 0 Å². The summed E-state index contributed by atoms with van der Waals surface area (Å²) >= 11 is -1.99. The summed E-state index contributed by atoms with van der Waals surface area (Å²) in [7, 11) is -4.43. The summed E-state index contributed by atoms with van der Waals surface area (Å²) in [6.07, 6.45) is 0. The Hall–Kier alpha value is -0.470. The lowest BCUT2D eigenvalue weighted by molar-refractivity contribution is 0.367. The van der Waals surface area contributed by atoms with Crippen molar-refractivity contribution in [1.29, 1.82) is 0 Å². The van der Waals surface area contributed by atoms with Gasteiger partial charge in [0, 0.05) is 0 Å². The quantitative estimate of drug-likeness (QED) is 0.166. The van der Waals surface area contributed by atoms with Crippen LogP contribution in [0.3, 0.4) is 0 Å². The summed E-state index contributed by atoms with van der Waals surface area (Å²) in [5.74, 6) is -0.595. The minimum absolute atomic E-state index is 0.0814. The fourth-order valence-electron chi connectivity index (χ4n) is 0.429. The zero-order chi connectivity index (χ0) is 10.5. The predicted molar refractivity (Wildman–Crippen MR) is 47.3 cm³/mol. The summed E-state index contributed by atoms with van der Waals surface area (Å²) in [6.45, 7) is -0.0814. The zero-order valence-corrected chi connectivity index (χ0v) is 8.16.